The van der Waals surface area contributed by atoms with Crippen LogP contribution in [-0.4, -0.2) is 47.8 Å². The fourth-order valence-corrected chi connectivity index (χ4v) is 3.71. The molecule has 174 valence electrons. The molecule has 0 saturated heterocycles. The van der Waals surface area contributed by atoms with E-state index in [9.17, 15) is 9.59 Å². The van der Waals surface area contributed by atoms with E-state index in [2.05, 4.69) is 20.1 Å². The van der Waals surface area contributed by atoms with E-state index in [1.807, 2.05) is 25.1 Å². The van der Waals surface area contributed by atoms with Gasteiger partial charge in [0, 0.05) is 29.1 Å². The molecule has 9 heteroatoms. The van der Waals surface area contributed by atoms with Crippen LogP contribution in [0.1, 0.15) is 33.3 Å². The molecule has 0 atom stereocenters. The maximum atomic E-state index is 12.8. The second-order valence-electron chi connectivity index (χ2n) is 7.37. The minimum absolute atomic E-state index is 0.195. The number of carbonyl (C=O) groups is 2. The molecule has 0 bridgehead atoms. The number of hydrogen-bond donors (Lipinski definition) is 1. The molecule has 2 aromatic heterocycles. The topological polar surface area (TPSA) is 104 Å². The molecule has 0 saturated carbocycles. The molecule has 0 radical (unpaired) electrons. The highest BCUT2D eigenvalue weighted by atomic mass is 16.5. The standard InChI is InChI=1S/C25H24N4O5/c1-5-18-21(32-2)12-16(13-22(18)33-3)20-10-11-26-23-14-19(28-29(20)23)24(30)27-17-8-6-15(7-9-17)25(31)34-4/h6-14H,5H2,1-4H3,(H,27,30). The SMILES string of the molecule is CCc1c(OC)cc(-c2ccnc3cc(C(=O)Nc4ccc(C(=O)OC)cc4)nn23)cc1OC. The summed E-state index contributed by atoms with van der Waals surface area (Å²) in [4.78, 5) is 28.8. The number of aromatic nitrogens is 3. The molecule has 0 aliphatic heterocycles. The smallest absolute Gasteiger partial charge is 0.337 e. The van der Waals surface area contributed by atoms with Crippen LogP contribution in [0.3, 0.4) is 0 Å². The molecule has 2 aromatic carbocycles. The average Bonchev–Trinajstić information content (AvgIpc) is 3.32. The summed E-state index contributed by atoms with van der Waals surface area (Å²) in [6, 6.07) is 13.6. The molecule has 34 heavy (non-hydrogen) atoms. The fraction of sp³-hybridized carbons (Fsp3) is 0.200. The van der Waals surface area contributed by atoms with Crippen molar-refractivity contribution in [1.29, 1.82) is 0 Å². The Morgan fingerprint density at radius 3 is 2.24 bits per heavy atom. The molecule has 2 heterocycles. The summed E-state index contributed by atoms with van der Waals surface area (Å²) in [6.45, 7) is 2.03. The van der Waals surface area contributed by atoms with Gasteiger partial charge in [0.05, 0.1) is 32.6 Å². The highest BCUT2D eigenvalue weighted by molar-refractivity contribution is 6.03. The number of hydrogen-bond acceptors (Lipinski definition) is 7. The number of esters is 1. The lowest BCUT2D eigenvalue weighted by Crippen LogP contribution is -2.13. The second-order valence-corrected chi connectivity index (χ2v) is 7.37. The molecule has 0 aliphatic carbocycles. The highest BCUT2D eigenvalue weighted by Crippen LogP contribution is 2.35. The predicted octanol–water partition coefficient (Wildman–Crippen LogP) is 4.01. The fourth-order valence-electron chi connectivity index (χ4n) is 3.71. The van der Waals surface area contributed by atoms with E-state index in [1.165, 1.54) is 7.11 Å². The Hall–Kier alpha value is -4.40. The van der Waals surface area contributed by atoms with E-state index in [0.717, 1.165) is 23.2 Å². The lowest BCUT2D eigenvalue weighted by molar-refractivity contribution is 0.0600. The van der Waals surface area contributed by atoms with E-state index in [4.69, 9.17) is 9.47 Å². The minimum atomic E-state index is -0.447. The van der Waals surface area contributed by atoms with Crippen molar-refractivity contribution < 1.29 is 23.8 Å². The van der Waals surface area contributed by atoms with Gasteiger partial charge >= 0.3 is 5.97 Å². The monoisotopic (exact) mass is 460 g/mol. The van der Waals surface area contributed by atoms with Crippen LogP contribution < -0.4 is 14.8 Å². The number of methoxy groups -OCH3 is 3. The molecule has 0 spiro atoms. The maximum Gasteiger partial charge on any atom is 0.337 e. The van der Waals surface area contributed by atoms with Crippen molar-refractivity contribution in [2.45, 2.75) is 13.3 Å². The van der Waals surface area contributed by atoms with Crippen molar-refractivity contribution in [3.05, 3.63) is 71.5 Å². The van der Waals surface area contributed by atoms with Gasteiger partial charge < -0.3 is 19.5 Å². The summed E-state index contributed by atoms with van der Waals surface area (Å²) in [6.07, 6.45) is 2.41. The van der Waals surface area contributed by atoms with E-state index in [0.29, 0.717) is 28.4 Å². The first-order valence-electron chi connectivity index (χ1n) is 10.6. The maximum absolute atomic E-state index is 12.8. The number of benzene rings is 2. The van der Waals surface area contributed by atoms with Crippen LogP contribution in [0, 0.1) is 0 Å². The largest absolute Gasteiger partial charge is 0.496 e. The van der Waals surface area contributed by atoms with Gasteiger partial charge in [0.2, 0.25) is 0 Å². The minimum Gasteiger partial charge on any atom is -0.496 e. The molecule has 1 N–H and O–H groups in total. The number of carbonyl (C=O) groups excluding carboxylic acids is 2. The van der Waals surface area contributed by atoms with Crippen LogP contribution in [0.2, 0.25) is 0 Å². The van der Waals surface area contributed by atoms with Gasteiger partial charge in [-0.3, -0.25) is 4.79 Å². The summed E-state index contributed by atoms with van der Waals surface area (Å²) in [5.41, 5.74) is 4.13. The summed E-state index contributed by atoms with van der Waals surface area (Å²) >= 11 is 0. The number of nitrogens with zero attached hydrogens (tertiary/aromatic N) is 3. The zero-order chi connectivity index (χ0) is 24.2. The van der Waals surface area contributed by atoms with Crippen molar-refractivity contribution in [2.75, 3.05) is 26.6 Å². The summed E-state index contributed by atoms with van der Waals surface area (Å²) in [5.74, 6) is 0.570. The van der Waals surface area contributed by atoms with Gasteiger partial charge in [-0.25, -0.2) is 14.3 Å². The van der Waals surface area contributed by atoms with Crippen LogP contribution in [0.4, 0.5) is 5.69 Å². The van der Waals surface area contributed by atoms with Gasteiger partial charge in [-0.05, 0) is 48.9 Å². The Balaban J connectivity index is 1.67. The Bertz CT molecular complexity index is 1340. The quantitative estimate of drug-likeness (QED) is 0.416. The molecule has 1 amide bonds. The van der Waals surface area contributed by atoms with Gasteiger partial charge in [-0.2, -0.15) is 5.10 Å². The van der Waals surface area contributed by atoms with Gasteiger partial charge in [0.25, 0.3) is 5.91 Å². The second kappa shape index (κ2) is 9.62. The third kappa shape index (κ3) is 4.27. The van der Waals surface area contributed by atoms with Crippen LogP contribution in [0.5, 0.6) is 11.5 Å². The molecule has 4 aromatic rings. The molecule has 4 rings (SSSR count). The van der Waals surface area contributed by atoms with Crippen LogP contribution >= 0.6 is 0 Å². The number of amides is 1. The zero-order valence-corrected chi connectivity index (χ0v) is 19.3. The Kier molecular flexibility index (Phi) is 6.44. The van der Waals surface area contributed by atoms with E-state index in [1.54, 1.807) is 55.3 Å². The Labute approximate surface area is 196 Å². The molecular weight excluding hydrogens is 436 g/mol. The first-order valence-corrected chi connectivity index (χ1v) is 10.6. The Morgan fingerprint density at radius 1 is 0.971 bits per heavy atom. The van der Waals surface area contributed by atoms with Crippen molar-refractivity contribution in [3.8, 4) is 22.8 Å². The number of anilines is 1. The normalized spacial score (nSPS) is 10.7. The predicted molar refractivity (Wildman–Crippen MR) is 127 cm³/mol. The molecule has 0 fully saturated rings. The van der Waals surface area contributed by atoms with Crippen LogP contribution in [0.25, 0.3) is 16.9 Å². The van der Waals surface area contributed by atoms with Crippen molar-refractivity contribution in [1.82, 2.24) is 14.6 Å². The number of ether oxygens (including phenoxy) is 3. The molecule has 9 nitrogen and oxygen atoms in total. The van der Waals surface area contributed by atoms with Crippen LogP contribution in [-0.2, 0) is 11.2 Å². The zero-order valence-electron chi connectivity index (χ0n) is 19.3. The molecule has 0 unspecified atom stereocenters. The van der Waals surface area contributed by atoms with Gasteiger partial charge in [-0.15, -0.1) is 0 Å². The van der Waals surface area contributed by atoms with Crippen LogP contribution in [0.15, 0.2) is 54.7 Å². The van der Waals surface area contributed by atoms with E-state index >= 15 is 0 Å². The van der Waals surface area contributed by atoms with Gasteiger partial charge in [0.1, 0.15) is 11.5 Å². The third-order valence-corrected chi connectivity index (χ3v) is 5.41. The lowest BCUT2D eigenvalue weighted by atomic mass is 10.0. The molecule has 0 aliphatic rings. The number of nitrogens with one attached hydrogen (secondary N) is 1. The first kappa shape index (κ1) is 22.8. The third-order valence-electron chi connectivity index (χ3n) is 5.41. The van der Waals surface area contributed by atoms with Crippen molar-refractivity contribution in [3.63, 3.8) is 0 Å². The number of rotatable bonds is 7. The Morgan fingerprint density at radius 2 is 1.65 bits per heavy atom. The molecular formula is C25H24N4O5. The van der Waals surface area contributed by atoms with Crippen molar-refractivity contribution >= 4 is 23.2 Å². The van der Waals surface area contributed by atoms with E-state index in [-0.39, 0.29) is 5.69 Å². The first-order chi connectivity index (χ1) is 16.5. The van der Waals surface area contributed by atoms with Gasteiger partial charge in [0.15, 0.2) is 11.3 Å². The van der Waals surface area contributed by atoms with Gasteiger partial charge in [-0.1, -0.05) is 6.92 Å². The van der Waals surface area contributed by atoms with E-state index < -0.39 is 11.9 Å². The van der Waals surface area contributed by atoms with Crippen molar-refractivity contribution in [2.24, 2.45) is 0 Å². The summed E-state index contributed by atoms with van der Waals surface area (Å²) in [5, 5.41) is 7.26. The summed E-state index contributed by atoms with van der Waals surface area (Å²) < 4.78 is 17.4. The lowest BCUT2D eigenvalue weighted by Gasteiger charge is -2.14. The highest BCUT2D eigenvalue weighted by Gasteiger charge is 2.17. The number of fused-ring (bicyclic) bond motifs is 1. The average molecular weight is 460 g/mol. The summed E-state index contributed by atoms with van der Waals surface area (Å²) in [7, 11) is 4.55.